The Morgan fingerprint density at radius 2 is 1.76 bits per heavy atom. The number of halogens is 3. The Morgan fingerprint density at radius 3 is 2.45 bits per heavy atom. The number of nitrogens with zero attached hydrogens (tertiary/aromatic N) is 2. The number of fused-ring (bicyclic) bond motifs is 1. The zero-order valence-corrected chi connectivity index (χ0v) is 17.4. The molecule has 0 aliphatic rings. The van der Waals surface area contributed by atoms with Crippen LogP contribution in [0, 0.1) is 12.7 Å². The largest absolute Gasteiger partial charge is 0.285 e. The summed E-state index contributed by atoms with van der Waals surface area (Å²) in [5, 5.41) is 0.703. The number of hydrogen-bond donors (Lipinski definition) is 1. The first-order valence-corrected chi connectivity index (χ1v) is 10.7. The quantitative estimate of drug-likeness (QED) is 0.443. The second kappa shape index (κ2) is 7.33. The van der Waals surface area contributed by atoms with Gasteiger partial charge in [-0.05, 0) is 55.0 Å². The summed E-state index contributed by atoms with van der Waals surface area (Å²) >= 11 is 12.2. The van der Waals surface area contributed by atoms with E-state index < -0.39 is 15.8 Å². The smallest absolute Gasteiger partial charge is 0.263 e. The lowest BCUT2D eigenvalue weighted by atomic mass is 10.1. The Balaban J connectivity index is 1.91. The van der Waals surface area contributed by atoms with E-state index in [0.717, 1.165) is 17.7 Å². The fraction of sp³-hybridized carbons (Fsp3) is 0.0500. The lowest BCUT2D eigenvalue weighted by Gasteiger charge is -2.10. The van der Waals surface area contributed by atoms with Crippen LogP contribution in [0.4, 0.5) is 10.2 Å². The predicted octanol–water partition coefficient (Wildman–Crippen LogP) is 5.56. The van der Waals surface area contributed by atoms with Gasteiger partial charge in [-0.3, -0.25) is 9.12 Å². The summed E-state index contributed by atoms with van der Waals surface area (Å²) in [6.07, 6.45) is 1.71. The highest BCUT2D eigenvalue weighted by molar-refractivity contribution is 7.92. The van der Waals surface area contributed by atoms with Crippen molar-refractivity contribution >= 4 is 44.7 Å². The van der Waals surface area contributed by atoms with Gasteiger partial charge in [0.2, 0.25) is 0 Å². The predicted molar refractivity (Wildman–Crippen MR) is 113 cm³/mol. The lowest BCUT2D eigenvalue weighted by molar-refractivity contribution is 0.599. The van der Waals surface area contributed by atoms with Gasteiger partial charge >= 0.3 is 0 Å². The molecular formula is C20H14Cl2FN3O2S. The molecule has 0 radical (unpaired) electrons. The lowest BCUT2D eigenvalue weighted by Crippen LogP contribution is -2.15. The number of sulfonamides is 1. The molecule has 0 spiro atoms. The summed E-state index contributed by atoms with van der Waals surface area (Å²) in [5.41, 5.74) is 2.44. The number of aromatic nitrogens is 2. The van der Waals surface area contributed by atoms with Crippen molar-refractivity contribution in [1.82, 2.24) is 9.38 Å². The molecule has 29 heavy (non-hydrogen) atoms. The van der Waals surface area contributed by atoms with Gasteiger partial charge in [0.1, 0.15) is 17.2 Å². The second-order valence-corrected chi connectivity index (χ2v) is 8.88. The van der Waals surface area contributed by atoms with E-state index in [2.05, 4.69) is 9.71 Å². The molecule has 2 aromatic carbocycles. The molecule has 0 amide bonds. The van der Waals surface area contributed by atoms with Crippen LogP contribution < -0.4 is 4.72 Å². The van der Waals surface area contributed by atoms with Crippen LogP contribution in [0.1, 0.15) is 5.56 Å². The monoisotopic (exact) mass is 449 g/mol. The highest BCUT2D eigenvalue weighted by Gasteiger charge is 2.22. The van der Waals surface area contributed by atoms with E-state index in [-0.39, 0.29) is 10.7 Å². The number of benzene rings is 2. The van der Waals surface area contributed by atoms with Gasteiger partial charge in [-0.15, -0.1) is 0 Å². The van der Waals surface area contributed by atoms with Crippen molar-refractivity contribution in [3.8, 4) is 11.3 Å². The number of aryl methyl sites for hydroxylation is 1. The van der Waals surface area contributed by atoms with Crippen LogP contribution in [0.15, 0.2) is 65.7 Å². The molecule has 0 aliphatic heterocycles. The molecule has 0 atom stereocenters. The van der Waals surface area contributed by atoms with E-state index in [1.807, 2.05) is 13.0 Å². The van der Waals surface area contributed by atoms with Crippen molar-refractivity contribution in [3.63, 3.8) is 0 Å². The number of nitrogens with one attached hydrogen (secondary N) is 1. The Bertz CT molecular complexity index is 1340. The molecule has 0 unspecified atom stereocenters. The van der Waals surface area contributed by atoms with Crippen LogP contribution >= 0.6 is 23.2 Å². The molecule has 148 valence electrons. The van der Waals surface area contributed by atoms with E-state index in [9.17, 15) is 12.8 Å². The van der Waals surface area contributed by atoms with Gasteiger partial charge in [0, 0.05) is 11.8 Å². The summed E-state index contributed by atoms with van der Waals surface area (Å²) in [6, 6.07) is 13.2. The molecule has 4 aromatic rings. The number of rotatable bonds is 4. The molecule has 5 nitrogen and oxygen atoms in total. The maximum absolute atomic E-state index is 13.2. The Labute approximate surface area is 176 Å². The van der Waals surface area contributed by atoms with Gasteiger partial charge in [0.15, 0.2) is 5.82 Å². The Morgan fingerprint density at radius 1 is 1.03 bits per heavy atom. The van der Waals surface area contributed by atoms with Crippen molar-refractivity contribution in [3.05, 3.63) is 82.2 Å². The average Bonchev–Trinajstić information content (AvgIpc) is 3.04. The van der Waals surface area contributed by atoms with E-state index in [0.29, 0.717) is 26.9 Å². The molecule has 0 bridgehead atoms. The SMILES string of the molecule is Cc1cccn2c(NS(=O)(=O)c3ccc(F)cc3)c(-c3ccc(Cl)c(Cl)c3)nc12. The first kappa shape index (κ1) is 19.7. The maximum Gasteiger partial charge on any atom is 0.263 e. The molecule has 4 rings (SSSR count). The van der Waals surface area contributed by atoms with Crippen LogP contribution in [-0.2, 0) is 10.0 Å². The molecule has 9 heteroatoms. The van der Waals surface area contributed by atoms with Crippen molar-refractivity contribution in [2.75, 3.05) is 4.72 Å². The summed E-state index contributed by atoms with van der Waals surface area (Å²) in [6.45, 7) is 1.87. The topological polar surface area (TPSA) is 63.5 Å². The van der Waals surface area contributed by atoms with Crippen LogP contribution in [-0.4, -0.2) is 17.8 Å². The third-order valence-corrected chi connectivity index (χ3v) is 6.49. The maximum atomic E-state index is 13.2. The van der Waals surface area contributed by atoms with Gasteiger partial charge in [0.05, 0.1) is 14.9 Å². The molecule has 1 N–H and O–H groups in total. The third-order valence-electron chi connectivity index (χ3n) is 4.39. The second-order valence-electron chi connectivity index (χ2n) is 6.38. The van der Waals surface area contributed by atoms with Crippen molar-refractivity contribution in [2.24, 2.45) is 0 Å². The van der Waals surface area contributed by atoms with E-state index >= 15 is 0 Å². The Hall–Kier alpha value is -2.61. The van der Waals surface area contributed by atoms with Crippen molar-refractivity contribution in [2.45, 2.75) is 11.8 Å². The minimum Gasteiger partial charge on any atom is -0.285 e. The molecule has 0 saturated carbocycles. The van der Waals surface area contributed by atoms with E-state index in [1.165, 1.54) is 12.1 Å². The van der Waals surface area contributed by atoms with Crippen LogP contribution in [0.5, 0.6) is 0 Å². The van der Waals surface area contributed by atoms with Crippen molar-refractivity contribution < 1.29 is 12.8 Å². The molecule has 0 saturated heterocycles. The van der Waals surface area contributed by atoms with Crippen LogP contribution in [0.25, 0.3) is 16.9 Å². The van der Waals surface area contributed by atoms with Crippen LogP contribution in [0.2, 0.25) is 10.0 Å². The summed E-state index contributed by atoms with van der Waals surface area (Å²) in [7, 11) is -3.99. The number of imidazole rings is 1. The van der Waals surface area contributed by atoms with E-state index in [1.54, 1.807) is 34.9 Å². The first-order valence-electron chi connectivity index (χ1n) is 8.48. The summed E-state index contributed by atoms with van der Waals surface area (Å²) in [4.78, 5) is 4.55. The molecule has 0 fully saturated rings. The van der Waals surface area contributed by atoms with Crippen LogP contribution in [0.3, 0.4) is 0 Å². The molecule has 2 aromatic heterocycles. The molecular weight excluding hydrogens is 436 g/mol. The Kier molecular flexibility index (Phi) is 4.98. The van der Waals surface area contributed by atoms with E-state index in [4.69, 9.17) is 23.2 Å². The summed E-state index contributed by atoms with van der Waals surface area (Å²) in [5.74, 6) is -0.280. The molecule has 0 aliphatic carbocycles. The van der Waals surface area contributed by atoms with Gasteiger partial charge in [-0.25, -0.2) is 17.8 Å². The first-order chi connectivity index (χ1) is 13.8. The zero-order valence-electron chi connectivity index (χ0n) is 15.0. The standard InChI is InChI=1S/C20H14Cl2FN3O2S/c1-12-3-2-10-26-19(12)24-18(13-4-9-16(21)17(22)11-13)20(26)25-29(27,28)15-7-5-14(23)6-8-15/h2-11,25H,1H3. The average molecular weight is 450 g/mol. The van der Waals surface area contributed by atoms with Gasteiger partial charge in [-0.2, -0.15) is 0 Å². The minimum atomic E-state index is -3.99. The fourth-order valence-electron chi connectivity index (χ4n) is 2.95. The minimum absolute atomic E-state index is 0.0680. The van der Waals surface area contributed by atoms with Gasteiger partial charge in [-0.1, -0.05) is 35.3 Å². The highest BCUT2D eigenvalue weighted by atomic mass is 35.5. The number of pyridine rings is 1. The number of anilines is 1. The van der Waals surface area contributed by atoms with Crippen molar-refractivity contribution in [1.29, 1.82) is 0 Å². The highest BCUT2D eigenvalue weighted by Crippen LogP contribution is 2.34. The normalized spacial score (nSPS) is 11.7. The van der Waals surface area contributed by atoms with Gasteiger partial charge in [0.25, 0.3) is 10.0 Å². The van der Waals surface area contributed by atoms with Gasteiger partial charge < -0.3 is 0 Å². The zero-order chi connectivity index (χ0) is 20.8. The fourth-order valence-corrected chi connectivity index (χ4v) is 4.31. The summed E-state index contributed by atoms with van der Waals surface area (Å²) < 4.78 is 43.3. The third kappa shape index (κ3) is 3.69. The number of hydrogen-bond acceptors (Lipinski definition) is 3. The molecule has 2 heterocycles.